The van der Waals surface area contributed by atoms with Gasteiger partial charge in [-0.25, -0.2) is 9.48 Å². The Morgan fingerprint density at radius 3 is 2.41 bits per heavy atom. The zero-order valence-electron chi connectivity index (χ0n) is 17.5. The van der Waals surface area contributed by atoms with Crippen LogP contribution < -0.4 is 15.4 Å². The van der Waals surface area contributed by atoms with Crippen LogP contribution in [0, 0.1) is 0 Å². The van der Waals surface area contributed by atoms with E-state index in [0.29, 0.717) is 33.7 Å². The molecule has 0 fully saturated rings. The molecule has 0 spiro atoms. The minimum atomic E-state index is -0.674. The molecule has 0 aliphatic carbocycles. The maximum atomic E-state index is 13.4. The van der Waals surface area contributed by atoms with Gasteiger partial charge in [0.15, 0.2) is 0 Å². The Morgan fingerprint density at radius 1 is 1.09 bits per heavy atom. The number of hydrogen-bond donors (Lipinski definition) is 2. The highest BCUT2D eigenvalue weighted by molar-refractivity contribution is 6.30. The van der Waals surface area contributed by atoms with Crippen LogP contribution in [-0.4, -0.2) is 40.9 Å². The quantitative estimate of drug-likeness (QED) is 0.567. The van der Waals surface area contributed by atoms with E-state index in [4.69, 9.17) is 21.1 Å². The lowest BCUT2D eigenvalue weighted by Gasteiger charge is -2.28. The fourth-order valence-corrected chi connectivity index (χ4v) is 3.57. The third-order valence-electron chi connectivity index (χ3n) is 5.00. The first-order valence-electron chi connectivity index (χ1n) is 9.64. The number of rotatable bonds is 5. The maximum absolute atomic E-state index is 13.4. The number of anilines is 2. The molecule has 2 heterocycles. The van der Waals surface area contributed by atoms with Crippen LogP contribution in [0.4, 0.5) is 11.6 Å². The highest BCUT2D eigenvalue weighted by Gasteiger charge is 2.35. The Kier molecular flexibility index (Phi) is 5.83. The first-order valence-corrected chi connectivity index (χ1v) is 10.0. The van der Waals surface area contributed by atoms with Gasteiger partial charge in [0, 0.05) is 16.4 Å². The van der Waals surface area contributed by atoms with E-state index in [0.717, 1.165) is 5.56 Å². The number of amides is 1. The fourth-order valence-electron chi connectivity index (χ4n) is 3.45. The molecule has 32 heavy (non-hydrogen) atoms. The zero-order chi connectivity index (χ0) is 22.8. The average Bonchev–Trinajstić information content (AvgIpc) is 3.22. The second-order valence-electron chi connectivity index (χ2n) is 7.00. The standard InChI is InChI=1S/C22H20ClN5O4/c1-12-17(20(29)25-15-8-6-14(23)7-9-15)18(13-4-10-16(31-2)11-5-13)28-22(24-12)26-19(27-28)21(30)32-3/h4-11,18H,1-3H3,(H,25,29)(H,24,26,27)/t18-/m1/s1. The summed E-state index contributed by atoms with van der Waals surface area (Å²) in [6.45, 7) is 1.77. The monoisotopic (exact) mass is 453 g/mol. The van der Waals surface area contributed by atoms with Crippen molar-refractivity contribution in [1.82, 2.24) is 14.8 Å². The van der Waals surface area contributed by atoms with Gasteiger partial charge in [0.05, 0.1) is 19.8 Å². The van der Waals surface area contributed by atoms with E-state index in [2.05, 4.69) is 20.7 Å². The Morgan fingerprint density at radius 2 is 1.78 bits per heavy atom. The van der Waals surface area contributed by atoms with Crippen LogP contribution in [0.3, 0.4) is 0 Å². The van der Waals surface area contributed by atoms with E-state index in [1.54, 1.807) is 50.4 Å². The number of ether oxygens (including phenoxy) is 2. The molecular formula is C22H20ClN5O4. The molecule has 1 amide bonds. The molecule has 0 radical (unpaired) electrons. The predicted octanol–water partition coefficient (Wildman–Crippen LogP) is 3.65. The summed E-state index contributed by atoms with van der Waals surface area (Å²) in [5.74, 6) is -0.122. The molecule has 1 aliphatic heterocycles. The van der Waals surface area contributed by atoms with E-state index in [1.165, 1.54) is 11.8 Å². The summed E-state index contributed by atoms with van der Waals surface area (Å²) in [4.78, 5) is 29.6. The number of hydrogen-bond acceptors (Lipinski definition) is 7. The van der Waals surface area contributed by atoms with Crippen molar-refractivity contribution in [3.05, 3.63) is 76.2 Å². The van der Waals surface area contributed by atoms with Gasteiger partial charge in [-0.1, -0.05) is 23.7 Å². The minimum absolute atomic E-state index is 0.110. The number of carbonyl (C=O) groups is 2. The maximum Gasteiger partial charge on any atom is 0.378 e. The molecule has 164 valence electrons. The van der Waals surface area contributed by atoms with Gasteiger partial charge in [0.25, 0.3) is 11.7 Å². The molecule has 1 aliphatic rings. The van der Waals surface area contributed by atoms with E-state index in [-0.39, 0.29) is 11.7 Å². The van der Waals surface area contributed by atoms with Crippen LogP contribution in [0.1, 0.15) is 29.1 Å². The summed E-state index contributed by atoms with van der Waals surface area (Å²) in [7, 11) is 2.83. The Labute approximate surface area is 189 Å². The highest BCUT2D eigenvalue weighted by Crippen LogP contribution is 2.36. The topological polar surface area (TPSA) is 107 Å². The number of nitrogens with one attached hydrogen (secondary N) is 2. The van der Waals surface area contributed by atoms with Crippen molar-refractivity contribution in [2.75, 3.05) is 24.9 Å². The van der Waals surface area contributed by atoms with Crippen LogP contribution in [0.15, 0.2) is 59.8 Å². The minimum Gasteiger partial charge on any atom is -0.497 e. The van der Waals surface area contributed by atoms with Crippen LogP contribution in [0.25, 0.3) is 0 Å². The van der Waals surface area contributed by atoms with E-state index in [1.807, 2.05) is 12.1 Å². The van der Waals surface area contributed by atoms with Crippen molar-refractivity contribution in [3.8, 4) is 5.75 Å². The summed E-state index contributed by atoms with van der Waals surface area (Å²) >= 11 is 5.95. The number of esters is 1. The van der Waals surface area contributed by atoms with Crippen LogP contribution in [0.5, 0.6) is 5.75 Å². The zero-order valence-corrected chi connectivity index (χ0v) is 18.3. The van der Waals surface area contributed by atoms with E-state index < -0.39 is 12.0 Å². The van der Waals surface area contributed by atoms with Crippen molar-refractivity contribution in [3.63, 3.8) is 0 Å². The van der Waals surface area contributed by atoms with Gasteiger partial charge < -0.3 is 20.1 Å². The second-order valence-corrected chi connectivity index (χ2v) is 7.43. The van der Waals surface area contributed by atoms with Gasteiger partial charge in [-0.15, -0.1) is 5.10 Å². The van der Waals surface area contributed by atoms with Crippen molar-refractivity contribution >= 4 is 35.1 Å². The van der Waals surface area contributed by atoms with Gasteiger partial charge in [-0.05, 0) is 48.9 Å². The molecule has 0 saturated heterocycles. The number of allylic oxidation sites excluding steroid dienone is 1. The van der Waals surface area contributed by atoms with Crippen LogP contribution in [-0.2, 0) is 9.53 Å². The van der Waals surface area contributed by atoms with Gasteiger partial charge in [0.1, 0.15) is 11.8 Å². The van der Waals surface area contributed by atoms with Gasteiger partial charge in [-0.2, -0.15) is 4.98 Å². The predicted molar refractivity (Wildman–Crippen MR) is 119 cm³/mol. The van der Waals surface area contributed by atoms with E-state index >= 15 is 0 Å². The molecule has 2 aromatic carbocycles. The lowest BCUT2D eigenvalue weighted by molar-refractivity contribution is -0.113. The second kappa shape index (κ2) is 8.72. The number of benzene rings is 2. The molecular weight excluding hydrogens is 434 g/mol. The Bertz CT molecular complexity index is 1200. The molecule has 0 saturated carbocycles. The SMILES string of the molecule is COC(=O)c1nc2n(n1)[C@H](c1ccc(OC)cc1)C(C(=O)Nc1ccc(Cl)cc1)=C(C)N2. The first kappa shape index (κ1) is 21.4. The largest absolute Gasteiger partial charge is 0.497 e. The van der Waals surface area contributed by atoms with Gasteiger partial charge in [-0.3, -0.25) is 4.79 Å². The molecule has 3 aromatic rings. The number of fused-ring (bicyclic) bond motifs is 1. The molecule has 0 unspecified atom stereocenters. The molecule has 1 atom stereocenters. The molecule has 10 heteroatoms. The average molecular weight is 454 g/mol. The molecule has 0 bridgehead atoms. The summed E-state index contributed by atoms with van der Waals surface area (Å²) in [5, 5.41) is 10.8. The first-order chi connectivity index (χ1) is 15.4. The van der Waals surface area contributed by atoms with Crippen molar-refractivity contribution in [2.45, 2.75) is 13.0 Å². The lowest BCUT2D eigenvalue weighted by Crippen LogP contribution is -2.31. The number of nitrogens with zero attached hydrogens (tertiary/aromatic N) is 3. The van der Waals surface area contributed by atoms with Crippen LogP contribution >= 0.6 is 11.6 Å². The van der Waals surface area contributed by atoms with Crippen molar-refractivity contribution in [1.29, 1.82) is 0 Å². The Balaban J connectivity index is 1.78. The van der Waals surface area contributed by atoms with E-state index in [9.17, 15) is 9.59 Å². The van der Waals surface area contributed by atoms with Gasteiger partial charge in [0.2, 0.25) is 5.95 Å². The summed E-state index contributed by atoms with van der Waals surface area (Å²) < 4.78 is 11.5. The van der Waals surface area contributed by atoms with Crippen molar-refractivity contribution in [2.24, 2.45) is 0 Å². The molecule has 2 N–H and O–H groups in total. The van der Waals surface area contributed by atoms with Gasteiger partial charge >= 0.3 is 5.97 Å². The lowest BCUT2D eigenvalue weighted by atomic mass is 9.95. The number of methoxy groups -OCH3 is 2. The number of carbonyl (C=O) groups excluding carboxylic acids is 2. The van der Waals surface area contributed by atoms with Crippen LogP contribution in [0.2, 0.25) is 5.02 Å². The number of halogens is 1. The Hall–Kier alpha value is -3.85. The summed E-state index contributed by atoms with van der Waals surface area (Å²) in [6.07, 6.45) is 0. The fraction of sp³-hybridized carbons (Fsp3) is 0.182. The smallest absolute Gasteiger partial charge is 0.378 e. The molecule has 1 aromatic heterocycles. The molecule has 9 nitrogen and oxygen atoms in total. The summed E-state index contributed by atoms with van der Waals surface area (Å²) in [5.41, 5.74) is 2.34. The molecule has 4 rings (SSSR count). The third-order valence-corrected chi connectivity index (χ3v) is 5.25. The normalized spacial score (nSPS) is 14.9. The summed E-state index contributed by atoms with van der Waals surface area (Å²) in [6, 6.07) is 13.4. The highest BCUT2D eigenvalue weighted by atomic mass is 35.5. The van der Waals surface area contributed by atoms with Crippen molar-refractivity contribution < 1.29 is 19.1 Å². The third kappa shape index (κ3) is 4.02. The number of aromatic nitrogens is 3.